The molecule has 0 unspecified atom stereocenters. The van der Waals surface area contributed by atoms with E-state index < -0.39 is 5.41 Å². The molecule has 0 atom stereocenters. The molecule has 3 rings (SSSR count). The minimum absolute atomic E-state index is 0.00871. The molecule has 138 valence electrons. The fourth-order valence-corrected chi connectivity index (χ4v) is 4.26. The summed E-state index contributed by atoms with van der Waals surface area (Å²) in [4.78, 5) is 17.9. The van der Waals surface area contributed by atoms with Gasteiger partial charge in [-0.2, -0.15) is 0 Å². The number of rotatable bonds is 6. The van der Waals surface area contributed by atoms with Crippen molar-refractivity contribution in [1.29, 1.82) is 0 Å². The third-order valence-electron chi connectivity index (χ3n) is 5.98. The van der Waals surface area contributed by atoms with E-state index in [4.69, 9.17) is 4.74 Å². The van der Waals surface area contributed by atoms with Gasteiger partial charge in [-0.3, -0.25) is 9.69 Å². The van der Waals surface area contributed by atoms with Crippen LogP contribution in [0.25, 0.3) is 0 Å². The molecule has 2 fully saturated rings. The Morgan fingerprint density at radius 2 is 1.64 bits per heavy atom. The van der Waals surface area contributed by atoms with Gasteiger partial charge < -0.3 is 9.64 Å². The van der Waals surface area contributed by atoms with E-state index in [9.17, 15) is 4.79 Å². The average Bonchev–Trinajstić information content (AvgIpc) is 2.69. The number of hydrogen-bond acceptors (Lipinski definition) is 4. The van der Waals surface area contributed by atoms with Crippen LogP contribution >= 0.6 is 0 Å². The SMILES string of the molecule is CCN1CCN(CCOC(=O)C2(c3ccccc3)CCCCC2)CC1. The second-order valence-electron chi connectivity index (χ2n) is 7.42. The Kier molecular flexibility index (Phi) is 6.49. The van der Waals surface area contributed by atoms with Crippen LogP contribution in [0.4, 0.5) is 0 Å². The number of carbonyl (C=O) groups is 1. The highest BCUT2D eigenvalue weighted by atomic mass is 16.5. The summed E-state index contributed by atoms with van der Waals surface area (Å²) in [6.45, 7) is 9.11. The molecule has 0 spiro atoms. The molecule has 0 N–H and O–H groups in total. The number of benzene rings is 1. The highest BCUT2D eigenvalue weighted by molar-refractivity contribution is 5.83. The molecule has 0 radical (unpaired) electrons. The lowest BCUT2D eigenvalue weighted by atomic mass is 9.69. The summed E-state index contributed by atoms with van der Waals surface area (Å²) >= 11 is 0. The highest BCUT2D eigenvalue weighted by Crippen LogP contribution is 2.40. The molecule has 1 aromatic rings. The molecule has 2 aliphatic rings. The summed E-state index contributed by atoms with van der Waals surface area (Å²) in [6.07, 6.45) is 5.30. The van der Waals surface area contributed by atoms with Gasteiger partial charge in [-0.15, -0.1) is 0 Å². The molecule has 1 aromatic carbocycles. The van der Waals surface area contributed by atoms with Crippen LogP contribution in [-0.4, -0.2) is 61.6 Å². The number of carbonyl (C=O) groups excluding carboxylic acids is 1. The van der Waals surface area contributed by atoms with Gasteiger partial charge in [0.15, 0.2) is 0 Å². The van der Waals surface area contributed by atoms with E-state index in [1.165, 1.54) is 6.42 Å². The summed E-state index contributed by atoms with van der Waals surface area (Å²) in [5, 5.41) is 0. The third-order valence-corrected chi connectivity index (χ3v) is 5.98. The Hall–Kier alpha value is -1.39. The fourth-order valence-electron chi connectivity index (χ4n) is 4.26. The van der Waals surface area contributed by atoms with Crippen molar-refractivity contribution in [2.75, 3.05) is 45.9 Å². The zero-order valence-corrected chi connectivity index (χ0v) is 15.6. The van der Waals surface area contributed by atoms with Crippen molar-refractivity contribution in [2.24, 2.45) is 0 Å². The van der Waals surface area contributed by atoms with Gasteiger partial charge in [-0.1, -0.05) is 56.5 Å². The van der Waals surface area contributed by atoms with E-state index in [0.717, 1.165) is 70.5 Å². The van der Waals surface area contributed by atoms with E-state index in [2.05, 4.69) is 28.9 Å². The molecular formula is C21H32N2O2. The van der Waals surface area contributed by atoms with Crippen LogP contribution in [0.1, 0.15) is 44.6 Å². The van der Waals surface area contributed by atoms with Crippen LogP contribution in [0, 0.1) is 0 Å². The fraction of sp³-hybridized carbons (Fsp3) is 0.667. The molecule has 4 heteroatoms. The van der Waals surface area contributed by atoms with E-state index in [1.54, 1.807) is 0 Å². The van der Waals surface area contributed by atoms with Crippen LogP contribution < -0.4 is 0 Å². The van der Waals surface area contributed by atoms with Crippen molar-refractivity contribution in [3.05, 3.63) is 35.9 Å². The van der Waals surface area contributed by atoms with Crippen LogP contribution in [0.3, 0.4) is 0 Å². The second kappa shape index (κ2) is 8.81. The maximum absolute atomic E-state index is 13.0. The maximum Gasteiger partial charge on any atom is 0.316 e. The van der Waals surface area contributed by atoms with Crippen molar-refractivity contribution < 1.29 is 9.53 Å². The number of likely N-dealkylation sites (N-methyl/N-ethyl adjacent to an activating group) is 1. The molecule has 0 bridgehead atoms. The Morgan fingerprint density at radius 3 is 2.28 bits per heavy atom. The van der Waals surface area contributed by atoms with Crippen molar-refractivity contribution in [3.8, 4) is 0 Å². The minimum atomic E-state index is -0.416. The lowest BCUT2D eigenvalue weighted by molar-refractivity contribution is -0.152. The first-order chi connectivity index (χ1) is 12.2. The van der Waals surface area contributed by atoms with Crippen LogP contribution in [0.15, 0.2) is 30.3 Å². The van der Waals surface area contributed by atoms with Gasteiger partial charge in [-0.25, -0.2) is 0 Å². The number of nitrogens with zero attached hydrogens (tertiary/aromatic N) is 2. The van der Waals surface area contributed by atoms with E-state index in [-0.39, 0.29) is 5.97 Å². The smallest absolute Gasteiger partial charge is 0.316 e. The summed E-state index contributed by atoms with van der Waals surface area (Å²) < 4.78 is 5.80. The van der Waals surface area contributed by atoms with Crippen molar-refractivity contribution >= 4 is 5.97 Å². The Morgan fingerprint density at radius 1 is 1.00 bits per heavy atom. The van der Waals surface area contributed by atoms with Crippen molar-refractivity contribution in [3.63, 3.8) is 0 Å². The van der Waals surface area contributed by atoms with Gasteiger partial charge >= 0.3 is 5.97 Å². The van der Waals surface area contributed by atoms with Gasteiger partial charge in [0.25, 0.3) is 0 Å². The molecule has 1 saturated heterocycles. The lowest BCUT2D eigenvalue weighted by Crippen LogP contribution is -2.47. The second-order valence-corrected chi connectivity index (χ2v) is 7.42. The normalized spacial score (nSPS) is 21.8. The monoisotopic (exact) mass is 344 g/mol. The first-order valence-electron chi connectivity index (χ1n) is 9.92. The van der Waals surface area contributed by atoms with Gasteiger partial charge in [0.2, 0.25) is 0 Å². The molecule has 1 saturated carbocycles. The molecular weight excluding hydrogens is 312 g/mol. The van der Waals surface area contributed by atoms with Crippen molar-refractivity contribution in [1.82, 2.24) is 9.80 Å². The van der Waals surface area contributed by atoms with Crippen molar-refractivity contribution in [2.45, 2.75) is 44.4 Å². The standard InChI is InChI=1S/C21H32N2O2/c1-2-22-13-15-23(16-14-22)17-18-25-20(24)21(11-7-4-8-12-21)19-9-5-3-6-10-19/h3,5-6,9-10H,2,4,7-8,11-18H2,1H3. The number of ether oxygens (including phenoxy) is 1. The van der Waals surface area contributed by atoms with Crippen LogP contribution in [0.2, 0.25) is 0 Å². The number of piperazine rings is 1. The Labute approximate surface area is 152 Å². The van der Waals surface area contributed by atoms with Crippen LogP contribution in [0.5, 0.6) is 0 Å². The first-order valence-corrected chi connectivity index (χ1v) is 9.92. The molecule has 1 aliphatic heterocycles. The Balaban J connectivity index is 1.55. The van der Waals surface area contributed by atoms with E-state index in [0.29, 0.717) is 6.61 Å². The summed E-state index contributed by atoms with van der Waals surface area (Å²) in [7, 11) is 0. The molecule has 0 aromatic heterocycles. The summed E-state index contributed by atoms with van der Waals surface area (Å²) in [5.74, 6) is -0.00871. The molecule has 1 aliphatic carbocycles. The topological polar surface area (TPSA) is 32.8 Å². The van der Waals surface area contributed by atoms with Gasteiger partial charge in [0.1, 0.15) is 6.61 Å². The highest BCUT2D eigenvalue weighted by Gasteiger charge is 2.42. The van der Waals surface area contributed by atoms with Gasteiger partial charge in [-0.05, 0) is 24.9 Å². The summed E-state index contributed by atoms with van der Waals surface area (Å²) in [5.41, 5.74) is 0.719. The number of hydrogen-bond donors (Lipinski definition) is 0. The zero-order valence-electron chi connectivity index (χ0n) is 15.6. The molecule has 25 heavy (non-hydrogen) atoms. The molecule has 0 amide bonds. The maximum atomic E-state index is 13.0. The Bertz CT molecular complexity index is 532. The minimum Gasteiger partial charge on any atom is -0.464 e. The predicted molar refractivity (Wildman–Crippen MR) is 101 cm³/mol. The van der Waals surface area contributed by atoms with E-state index >= 15 is 0 Å². The summed E-state index contributed by atoms with van der Waals surface area (Å²) in [6, 6.07) is 10.3. The van der Waals surface area contributed by atoms with Crippen LogP contribution in [-0.2, 0) is 14.9 Å². The first kappa shape index (κ1) is 18.4. The quantitative estimate of drug-likeness (QED) is 0.743. The number of esters is 1. The molecule has 4 nitrogen and oxygen atoms in total. The third kappa shape index (κ3) is 4.42. The van der Waals surface area contributed by atoms with Gasteiger partial charge in [0, 0.05) is 32.7 Å². The van der Waals surface area contributed by atoms with E-state index in [1.807, 2.05) is 18.2 Å². The lowest BCUT2D eigenvalue weighted by Gasteiger charge is -2.36. The average molecular weight is 344 g/mol. The molecule has 1 heterocycles. The largest absolute Gasteiger partial charge is 0.464 e. The zero-order chi connectivity index (χ0) is 17.5. The predicted octanol–water partition coefficient (Wildman–Crippen LogP) is 3.07. The van der Waals surface area contributed by atoms with Gasteiger partial charge in [0.05, 0.1) is 5.41 Å².